The highest BCUT2D eigenvalue weighted by Crippen LogP contribution is 2.43. The van der Waals surface area contributed by atoms with E-state index in [9.17, 15) is 0 Å². The first-order valence-corrected chi connectivity index (χ1v) is 7.78. The Kier molecular flexibility index (Phi) is 2.89. The highest BCUT2D eigenvalue weighted by molar-refractivity contribution is 9.10. The van der Waals surface area contributed by atoms with E-state index in [0.717, 1.165) is 34.2 Å². The highest BCUT2D eigenvalue weighted by Gasteiger charge is 2.19. The molecule has 0 aromatic heterocycles. The summed E-state index contributed by atoms with van der Waals surface area (Å²) in [6, 6.07) is 16.3. The van der Waals surface area contributed by atoms with Crippen LogP contribution in [0.3, 0.4) is 0 Å². The zero-order valence-electron chi connectivity index (χ0n) is 11.4. The fourth-order valence-corrected chi connectivity index (χ4v) is 3.44. The molecule has 0 heterocycles. The molecule has 3 heteroatoms. The van der Waals surface area contributed by atoms with Crippen molar-refractivity contribution in [2.75, 3.05) is 5.73 Å². The van der Waals surface area contributed by atoms with Gasteiger partial charge in [-0.15, -0.1) is 0 Å². The van der Waals surface area contributed by atoms with Crippen LogP contribution in [0.15, 0.2) is 53.0 Å². The topological polar surface area (TPSA) is 35.2 Å². The lowest BCUT2D eigenvalue weighted by atomic mass is 10.0. The molecule has 0 saturated carbocycles. The summed E-state index contributed by atoms with van der Waals surface area (Å²) in [5.41, 5.74) is 9.66. The second kappa shape index (κ2) is 4.78. The smallest absolute Gasteiger partial charge is 0.158 e. The van der Waals surface area contributed by atoms with Crippen LogP contribution in [0.2, 0.25) is 0 Å². The van der Waals surface area contributed by atoms with Gasteiger partial charge >= 0.3 is 0 Å². The molecule has 2 N–H and O–H groups in total. The lowest BCUT2D eigenvalue weighted by molar-refractivity contribution is 0.487. The molecule has 0 radical (unpaired) electrons. The predicted molar refractivity (Wildman–Crippen MR) is 90.0 cm³/mol. The van der Waals surface area contributed by atoms with Gasteiger partial charge < -0.3 is 10.5 Å². The van der Waals surface area contributed by atoms with E-state index in [1.165, 1.54) is 16.5 Å². The summed E-state index contributed by atoms with van der Waals surface area (Å²) in [5, 5.41) is 2.42. The fraction of sp³-hybridized carbons (Fsp3) is 0.111. The number of hydrogen-bond acceptors (Lipinski definition) is 2. The monoisotopic (exact) mass is 339 g/mol. The van der Waals surface area contributed by atoms with Crippen molar-refractivity contribution in [2.45, 2.75) is 12.8 Å². The molecule has 0 amide bonds. The van der Waals surface area contributed by atoms with Gasteiger partial charge in [0.25, 0.3) is 0 Å². The molecule has 4 rings (SSSR count). The van der Waals surface area contributed by atoms with E-state index in [4.69, 9.17) is 10.5 Å². The van der Waals surface area contributed by atoms with E-state index in [1.54, 1.807) is 0 Å². The van der Waals surface area contributed by atoms with Crippen LogP contribution in [-0.2, 0) is 12.8 Å². The number of aryl methyl sites for hydroxylation is 2. The highest BCUT2D eigenvalue weighted by atomic mass is 79.9. The first-order chi connectivity index (χ1) is 10.2. The molecule has 0 saturated heterocycles. The molecule has 104 valence electrons. The lowest BCUT2D eigenvalue weighted by Crippen LogP contribution is -1.95. The summed E-state index contributed by atoms with van der Waals surface area (Å²) in [7, 11) is 0. The third kappa shape index (κ3) is 2.00. The van der Waals surface area contributed by atoms with Gasteiger partial charge in [-0.3, -0.25) is 0 Å². The van der Waals surface area contributed by atoms with Gasteiger partial charge in [-0.05, 0) is 63.5 Å². The van der Waals surface area contributed by atoms with Gasteiger partial charge in [0, 0.05) is 5.39 Å². The van der Waals surface area contributed by atoms with Gasteiger partial charge in [-0.2, -0.15) is 0 Å². The number of benzene rings is 3. The van der Waals surface area contributed by atoms with Crippen molar-refractivity contribution in [3.63, 3.8) is 0 Å². The van der Waals surface area contributed by atoms with Crippen molar-refractivity contribution in [2.24, 2.45) is 0 Å². The van der Waals surface area contributed by atoms with Crippen LogP contribution in [0.4, 0.5) is 5.69 Å². The lowest BCUT2D eigenvalue weighted by Gasteiger charge is -2.14. The SMILES string of the molecule is Nc1cc2c3c(cccc3c1Oc1ccccc1Br)CC2. The summed E-state index contributed by atoms with van der Waals surface area (Å²) in [6.07, 6.45) is 2.15. The van der Waals surface area contributed by atoms with Gasteiger partial charge in [0.15, 0.2) is 5.75 Å². The molecular weight excluding hydrogens is 326 g/mol. The number of ether oxygens (including phenoxy) is 1. The van der Waals surface area contributed by atoms with Crippen LogP contribution in [0, 0.1) is 0 Å². The Balaban J connectivity index is 1.94. The van der Waals surface area contributed by atoms with Crippen LogP contribution in [0.1, 0.15) is 11.1 Å². The molecule has 0 aliphatic heterocycles. The molecule has 3 aromatic carbocycles. The van der Waals surface area contributed by atoms with Gasteiger partial charge in [0.1, 0.15) is 5.75 Å². The fourth-order valence-electron chi connectivity index (χ4n) is 3.08. The molecule has 2 nitrogen and oxygen atoms in total. The van der Waals surface area contributed by atoms with Crippen molar-refractivity contribution in [3.8, 4) is 11.5 Å². The van der Waals surface area contributed by atoms with Crippen LogP contribution in [0.25, 0.3) is 10.8 Å². The number of para-hydroxylation sites is 1. The van der Waals surface area contributed by atoms with Gasteiger partial charge in [-0.1, -0.05) is 30.3 Å². The molecule has 0 bridgehead atoms. The van der Waals surface area contributed by atoms with E-state index in [0.29, 0.717) is 5.69 Å². The average molecular weight is 340 g/mol. The molecule has 3 aromatic rings. The number of anilines is 1. The Bertz CT molecular complexity index is 857. The molecular formula is C18H14BrNO. The second-order valence-corrected chi connectivity index (χ2v) is 6.18. The van der Waals surface area contributed by atoms with E-state index >= 15 is 0 Å². The summed E-state index contributed by atoms with van der Waals surface area (Å²) in [5.74, 6) is 1.53. The van der Waals surface area contributed by atoms with Crippen LogP contribution < -0.4 is 10.5 Å². The van der Waals surface area contributed by atoms with Crippen molar-refractivity contribution in [3.05, 3.63) is 64.1 Å². The molecule has 0 unspecified atom stereocenters. The van der Waals surface area contributed by atoms with E-state index < -0.39 is 0 Å². The van der Waals surface area contributed by atoms with Gasteiger partial charge in [-0.25, -0.2) is 0 Å². The molecule has 21 heavy (non-hydrogen) atoms. The van der Waals surface area contributed by atoms with E-state index in [-0.39, 0.29) is 0 Å². The van der Waals surface area contributed by atoms with Crippen LogP contribution >= 0.6 is 15.9 Å². The normalized spacial score (nSPS) is 12.8. The molecule has 0 atom stereocenters. The minimum Gasteiger partial charge on any atom is -0.453 e. The third-order valence-corrected chi connectivity index (χ3v) is 4.68. The van der Waals surface area contributed by atoms with Crippen molar-refractivity contribution >= 4 is 32.4 Å². The Labute approximate surface area is 131 Å². The first-order valence-electron chi connectivity index (χ1n) is 6.99. The van der Waals surface area contributed by atoms with Crippen molar-refractivity contribution in [1.82, 2.24) is 0 Å². The number of halogens is 1. The number of rotatable bonds is 2. The maximum Gasteiger partial charge on any atom is 0.158 e. The van der Waals surface area contributed by atoms with Crippen molar-refractivity contribution < 1.29 is 4.74 Å². The number of hydrogen-bond donors (Lipinski definition) is 1. The summed E-state index contributed by atoms with van der Waals surface area (Å²) < 4.78 is 7.04. The average Bonchev–Trinajstić information content (AvgIpc) is 2.89. The minimum absolute atomic E-state index is 0.701. The maximum atomic E-state index is 6.24. The maximum absolute atomic E-state index is 6.24. The summed E-state index contributed by atoms with van der Waals surface area (Å²) in [6.45, 7) is 0. The van der Waals surface area contributed by atoms with E-state index in [1.807, 2.05) is 24.3 Å². The summed E-state index contributed by atoms with van der Waals surface area (Å²) >= 11 is 3.52. The van der Waals surface area contributed by atoms with E-state index in [2.05, 4.69) is 40.2 Å². The standard InChI is InChI=1S/C18H14BrNO/c19-14-6-1-2-7-16(14)21-18-13-5-3-4-11-8-9-12(17(11)13)10-15(18)20/h1-7,10H,8-9,20H2. The summed E-state index contributed by atoms with van der Waals surface area (Å²) in [4.78, 5) is 0. The second-order valence-electron chi connectivity index (χ2n) is 5.33. The van der Waals surface area contributed by atoms with Crippen molar-refractivity contribution in [1.29, 1.82) is 0 Å². The Morgan fingerprint density at radius 1 is 0.952 bits per heavy atom. The van der Waals surface area contributed by atoms with Crippen LogP contribution in [0.5, 0.6) is 11.5 Å². The third-order valence-electron chi connectivity index (χ3n) is 4.02. The Morgan fingerprint density at radius 2 is 1.76 bits per heavy atom. The van der Waals surface area contributed by atoms with Gasteiger partial charge in [0.2, 0.25) is 0 Å². The van der Waals surface area contributed by atoms with Gasteiger partial charge in [0.05, 0.1) is 10.2 Å². The zero-order chi connectivity index (χ0) is 14.4. The molecule has 1 aliphatic carbocycles. The molecule has 1 aliphatic rings. The Hall–Kier alpha value is -2.00. The molecule has 0 fully saturated rings. The molecule has 0 spiro atoms. The van der Waals surface area contributed by atoms with Crippen LogP contribution in [-0.4, -0.2) is 0 Å². The predicted octanol–water partition coefficient (Wildman–Crippen LogP) is 5.08. The number of nitrogens with two attached hydrogens (primary N) is 1. The zero-order valence-corrected chi connectivity index (χ0v) is 13.0. The minimum atomic E-state index is 0.701. The quantitative estimate of drug-likeness (QED) is 0.661. The first kappa shape index (κ1) is 12.7. The largest absolute Gasteiger partial charge is 0.453 e. The Morgan fingerprint density at radius 3 is 2.62 bits per heavy atom. The number of nitrogen functional groups attached to an aromatic ring is 1.